The lowest BCUT2D eigenvalue weighted by atomic mass is 9.85. The van der Waals surface area contributed by atoms with Gasteiger partial charge in [-0.1, -0.05) is 55.8 Å². The fourth-order valence-corrected chi connectivity index (χ4v) is 2.49. The molecule has 0 saturated heterocycles. The smallest absolute Gasteiger partial charge is 0.337 e. The highest BCUT2D eigenvalue weighted by Gasteiger charge is 2.21. The van der Waals surface area contributed by atoms with E-state index in [0.717, 1.165) is 5.56 Å². The summed E-state index contributed by atoms with van der Waals surface area (Å²) in [5, 5.41) is 5.84. The molecule has 0 aliphatic heterocycles. The van der Waals surface area contributed by atoms with Crippen molar-refractivity contribution >= 4 is 29.3 Å². The Labute approximate surface area is 152 Å². The molecule has 6 heteroatoms. The number of hydrogen-bond acceptors (Lipinski definition) is 3. The van der Waals surface area contributed by atoms with E-state index in [9.17, 15) is 9.59 Å². The Balaban J connectivity index is 2.02. The number of anilines is 1. The first-order valence-corrected chi connectivity index (χ1v) is 8.19. The summed E-state index contributed by atoms with van der Waals surface area (Å²) < 4.78 is 4.67. The maximum Gasteiger partial charge on any atom is 0.337 e. The first kappa shape index (κ1) is 18.8. The highest BCUT2D eigenvalue weighted by atomic mass is 35.5. The standard InChI is InChI=1S/C19H21ClN2O3/c1-19(2,14-7-5-4-6-8-14)12-21-18(24)22-16-11-13(17(23)25-3)9-10-15(16)20/h4-11H,12H2,1-3H3,(H2,21,22,24). The Morgan fingerprint density at radius 2 is 1.80 bits per heavy atom. The van der Waals surface area contributed by atoms with E-state index in [2.05, 4.69) is 15.4 Å². The molecule has 132 valence electrons. The predicted molar refractivity (Wildman–Crippen MR) is 99.3 cm³/mol. The minimum Gasteiger partial charge on any atom is -0.465 e. The van der Waals surface area contributed by atoms with Gasteiger partial charge in [0.05, 0.1) is 23.4 Å². The molecule has 0 radical (unpaired) electrons. The second kappa shape index (κ2) is 8.03. The molecule has 0 atom stereocenters. The topological polar surface area (TPSA) is 67.4 Å². The van der Waals surface area contributed by atoms with Crippen LogP contribution < -0.4 is 10.6 Å². The molecular formula is C19H21ClN2O3. The maximum absolute atomic E-state index is 12.2. The number of methoxy groups -OCH3 is 1. The second-order valence-electron chi connectivity index (χ2n) is 6.24. The third-order valence-corrected chi connectivity index (χ3v) is 4.21. The summed E-state index contributed by atoms with van der Waals surface area (Å²) in [5.74, 6) is -0.495. The Hall–Kier alpha value is -2.53. The minimum absolute atomic E-state index is 0.226. The second-order valence-corrected chi connectivity index (χ2v) is 6.65. The summed E-state index contributed by atoms with van der Waals surface area (Å²) in [7, 11) is 1.29. The zero-order valence-corrected chi connectivity index (χ0v) is 15.2. The van der Waals surface area contributed by atoms with Gasteiger partial charge in [-0.3, -0.25) is 0 Å². The number of ether oxygens (including phenoxy) is 1. The van der Waals surface area contributed by atoms with Gasteiger partial charge in [-0.15, -0.1) is 0 Å². The summed E-state index contributed by atoms with van der Waals surface area (Å²) in [4.78, 5) is 23.8. The summed E-state index contributed by atoms with van der Waals surface area (Å²) in [6.45, 7) is 4.54. The average Bonchev–Trinajstić information content (AvgIpc) is 2.62. The van der Waals surface area contributed by atoms with Gasteiger partial charge in [0, 0.05) is 12.0 Å². The van der Waals surface area contributed by atoms with E-state index >= 15 is 0 Å². The SMILES string of the molecule is COC(=O)c1ccc(Cl)c(NC(=O)NCC(C)(C)c2ccccc2)c1. The average molecular weight is 361 g/mol. The highest BCUT2D eigenvalue weighted by Crippen LogP contribution is 2.24. The first-order chi connectivity index (χ1) is 11.8. The normalized spacial score (nSPS) is 10.9. The molecule has 0 saturated carbocycles. The van der Waals surface area contributed by atoms with Gasteiger partial charge in [-0.2, -0.15) is 0 Å². The van der Waals surface area contributed by atoms with Gasteiger partial charge >= 0.3 is 12.0 Å². The van der Waals surface area contributed by atoms with Gasteiger partial charge in [0.2, 0.25) is 0 Å². The highest BCUT2D eigenvalue weighted by molar-refractivity contribution is 6.33. The van der Waals surface area contributed by atoms with E-state index in [1.165, 1.54) is 25.3 Å². The van der Waals surface area contributed by atoms with Crippen molar-refractivity contribution in [3.8, 4) is 0 Å². The van der Waals surface area contributed by atoms with Crippen molar-refractivity contribution in [3.63, 3.8) is 0 Å². The molecule has 2 amide bonds. The van der Waals surface area contributed by atoms with Crippen LogP contribution in [0.4, 0.5) is 10.5 Å². The third-order valence-electron chi connectivity index (χ3n) is 3.88. The molecule has 0 unspecified atom stereocenters. The molecule has 2 aromatic rings. The Morgan fingerprint density at radius 1 is 1.12 bits per heavy atom. The molecule has 0 heterocycles. The van der Waals surface area contributed by atoms with Crippen LogP contribution in [0.1, 0.15) is 29.8 Å². The van der Waals surface area contributed by atoms with Crippen LogP contribution in [-0.4, -0.2) is 25.7 Å². The van der Waals surface area contributed by atoms with Gasteiger partial charge in [0.25, 0.3) is 0 Å². The Kier molecular flexibility index (Phi) is 6.04. The van der Waals surface area contributed by atoms with Gasteiger partial charge in [-0.25, -0.2) is 9.59 Å². The lowest BCUT2D eigenvalue weighted by Crippen LogP contribution is -2.39. The van der Waals surface area contributed by atoms with E-state index in [4.69, 9.17) is 11.6 Å². The number of urea groups is 1. The maximum atomic E-state index is 12.2. The number of hydrogen-bond donors (Lipinski definition) is 2. The van der Waals surface area contributed by atoms with E-state index in [0.29, 0.717) is 22.8 Å². The zero-order chi connectivity index (χ0) is 18.4. The monoisotopic (exact) mass is 360 g/mol. The first-order valence-electron chi connectivity index (χ1n) is 7.82. The van der Waals surface area contributed by atoms with Crippen molar-refractivity contribution in [2.24, 2.45) is 0 Å². The number of carbonyl (C=O) groups excluding carboxylic acids is 2. The summed E-state index contributed by atoms with van der Waals surface area (Å²) >= 11 is 6.08. The van der Waals surface area contributed by atoms with Crippen molar-refractivity contribution in [2.45, 2.75) is 19.3 Å². The van der Waals surface area contributed by atoms with Crippen LogP contribution in [-0.2, 0) is 10.2 Å². The zero-order valence-electron chi connectivity index (χ0n) is 14.4. The fourth-order valence-electron chi connectivity index (χ4n) is 2.33. The van der Waals surface area contributed by atoms with Crippen LogP contribution in [0.2, 0.25) is 5.02 Å². The van der Waals surface area contributed by atoms with Crippen molar-refractivity contribution in [1.82, 2.24) is 5.32 Å². The number of benzene rings is 2. The van der Waals surface area contributed by atoms with Crippen molar-refractivity contribution in [2.75, 3.05) is 19.0 Å². The van der Waals surface area contributed by atoms with E-state index in [1.807, 2.05) is 44.2 Å². The summed E-state index contributed by atoms with van der Waals surface area (Å²) in [6.07, 6.45) is 0. The number of rotatable bonds is 5. The summed E-state index contributed by atoms with van der Waals surface area (Å²) in [6, 6.07) is 14.1. The largest absolute Gasteiger partial charge is 0.465 e. The molecule has 5 nitrogen and oxygen atoms in total. The molecule has 0 fully saturated rings. The number of esters is 1. The van der Waals surface area contributed by atoms with Crippen molar-refractivity contribution in [1.29, 1.82) is 0 Å². The van der Waals surface area contributed by atoms with Gasteiger partial charge < -0.3 is 15.4 Å². The fraction of sp³-hybridized carbons (Fsp3) is 0.263. The van der Waals surface area contributed by atoms with Crippen molar-refractivity contribution < 1.29 is 14.3 Å². The lowest BCUT2D eigenvalue weighted by molar-refractivity contribution is 0.0600. The molecule has 0 aromatic heterocycles. The van der Waals surface area contributed by atoms with Crippen LogP contribution in [0.15, 0.2) is 48.5 Å². The van der Waals surface area contributed by atoms with Gasteiger partial charge in [0.15, 0.2) is 0 Å². The van der Waals surface area contributed by atoms with Gasteiger partial charge in [0.1, 0.15) is 0 Å². The van der Waals surface area contributed by atoms with Crippen LogP contribution >= 0.6 is 11.6 Å². The molecule has 2 N–H and O–H groups in total. The number of halogens is 1. The Morgan fingerprint density at radius 3 is 2.44 bits per heavy atom. The molecule has 0 bridgehead atoms. The molecule has 2 rings (SSSR count). The lowest BCUT2D eigenvalue weighted by Gasteiger charge is -2.25. The van der Waals surface area contributed by atoms with Crippen molar-refractivity contribution in [3.05, 3.63) is 64.7 Å². The number of carbonyl (C=O) groups is 2. The molecule has 2 aromatic carbocycles. The quantitative estimate of drug-likeness (QED) is 0.784. The molecule has 0 spiro atoms. The van der Waals surface area contributed by atoms with Crippen LogP contribution in [0, 0.1) is 0 Å². The minimum atomic E-state index is -0.495. The molecule has 0 aliphatic rings. The van der Waals surface area contributed by atoms with E-state index < -0.39 is 12.0 Å². The van der Waals surface area contributed by atoms with Crippen LogP contribution in [0.25, 0.3) is 0 Å². The molecule has 25 heavy (non-hydrogen) atoms. The van der Waals surface area contributed by atoms with Crippen LogP contribution in [0.5, 0.6) is 0 Å². The molecule has 0 aliphatic carbocycles. The number of amides is 2. The van der Waals surface area contributed by atoms with E-state index in [-0.39, 0.29) is 5.41 Å². The van der Waals surface area contributed by atoms with Crippen LogP contribution in [0.3, 0.4) is 0 Å². The third kappa shape index (κ3) is 4.97. The summed E-state index contributed by atoms with van der Waals surface area (Å²) in [5.41, 5.74) is 1.56. The predicted octanol–water partition coefficient (Wildman–Crippen LogP) is 4.23. The van der Waals surface area contributed by atoms with E-state index in [1.54, 1.807) is 0 Å². The molecular weight excluding hydrogens is 340 g/mol. The number of nitrogens with one attached hydrogen (secondary N) is 2. The Bertz CT molecular complexity index is 761. The van der Waals surface area contributed by atoms with Gasteiger partial charge in [-0.05, 0) is 23.8 Å².